The van der Waals surface area contributed by atoms with E-state index in [-0.39, 0.29) is 23.6 Å². The molecule has 1 aliphatic rings. The molecule has 0 radical (unpaired) electrons. The van der Waals surface area contributed by atoms with Crippen molar-refractivity contribution < 1.29 is 18.8 Å². The van der Waals surface area contributed by atoms with E-state index in [0.29, 0.717) is 16.1 Å². The molecule has 0 bridgehead atoms. The fourth-order valence-corrected chi connectivity index (χ4v) is 4.09. The van der Waals surface area contributed by atoms with E-state index in [0.717, 1.165) is 15.8 Å². The summed E-state index contributed by atoms with van der Waals surface area (Å²) in [5, 5.41) is 3.44. The summed E-state index contributed by atoms with van der Waals surface area (Å²) in [7, 11) is 0. The van der Waals surface area contributed by atoms with Crippen LogP contribution in [0.3, 0.4) is 0 Å². The van der Waals surface area contributed by atoms with E-state index in [1.807, 2.05) is 28.8 Å². The van der Waals surface area contributed by atoms with Crippen molar-refractivity contribution in [3.05, 3.63) is 107 Å². The van der Waals surface area contributed by atoms with Crippen LogP contribution in [0.25, 0.3) is 17.0 Å². The Morgan fingerprint density at radius 3 is 2.38 bits per heavy atom. The zero-order chi connectivity index (χ0) is 23.8. The van der Waals surface area contributed by atoms with Crippen LogP contribution >= 0.6 is 11.6 Å². The van der Waals surface area contributed by atoms with Gasteiger partial charge in [-0.3, -0.25) is 14.9 Å². The number of barbiturate groups is 1. The summed E-state index contributed by atoms with van der Waals surface area (Å²) in [6.45, 7) is 0.270. The quantitative estimate of drug-likeness (QED) is 0.329. The van der Waals surface area contributed by atoms with Gasteiger partial charge in [-0.1, -0.05) is 48.0 Å². The molecule has 4 aromatic rings. The topological polar surface area (TPSA) is 71.4 Å². The molecule has 0 saturated carbocycles. The Morgan fingerprint density at radius 1 is 0.912 bits per heavy atom. The second-order valence-corrected chi connectivity index (χ2v) is 8.19. The second-order valence-electron chi connectivity index (χ2n) is 7.76. The van der Waals surface area contributed by atoms with Crippen molar-refractivity contribution in [1.82, 2.24) is 9.88 Å². The van der Waals surface area contributed by atoms with Gasteiger partial charge in [0.25, 0.3) is 11.8 Å². The van der Waals surface area contributed by atoms with Crippen LogP contribution in [0, 0.1) is 5.82 Å². The number of urea groups is 1. The maximum Gasteiger partial charge on any atom is 0.335 e. The van der Waals surface area contributed by atoms with E-state index in [4.69, 9.17) is 11.6 Å². The monoisotopic (exact) mass is 473 g/mol. The molecule has 1 fully saturated rings. The number of nitrogens with zero attached hydrogens (tertiary/aromatic N) is 2. The van der Waals surface area contributed by atoms with Gasteiger partial charge in [-0.2, -0.15) is 0 Å². The number of carbonyl (C=O) groups is 3. The zero-order valence-corrected chi connectivity index (χ0v) is 18.4. The lowest BCUT2D eigenvalue weighted by Gasteiger charge is -2.26. The number of aromatic nitrogens is 1. The smallest absolute Gasteiger partial charge is 0.335 e. The normalized spacial score (nSPS) is 15.3. The minimum absolute atomic E-state index is 0.191. The number of carbonyl (C=O) groups excluding carboxylic acids is 3. The molecule has 3 aromatic carbocycles. The number of nitrogens with one attached hydrogen (secondary N) is 1. The summed E-state index contributed by atoms with van der Waals surface area (Å²) in [4.78, 5) is 39.1. The van der Waals surface area contributed by atoms with Gasteiger partial charge in [0.05, 0.1) is 12.2 Å². The first-order chi connectivity index (χ1) is 16.4. The summed E-state index contributed by atoms with van der Waals surface area (Å²) < 4.78 is 16.1. The maximum atomic E-state index is 14.3. The first-order valence-electron chi connectivity index (χ1n) is 10.4. The van der Waals surface area contributed by atoms with Crippen molar-refractivity contribution in [3.63, 3.8) is 0 Å². The van der Waals surface area contributed by atoms with E-state index in [1.165, 1.54) is 24.3 Å². The molecule has 34 heavy (non-hydrogen) atoms. The number of anilines is 1. The van der Waals surface area contributed by atoms with E-state index in [2.05, 4.69) is 5.32 Å². The molecule has 1 N–H and O–H groups in total. The Hall–Kier alpha value is -4.23. The summed E-state index contributed by atoms with van der Waals surface area (Å²) in [6.07, 6.45) is 3.21. The Balaban J connectivity index is 1.57. The number of hydrogen-bond acceptors (Lipinski definition) is 3. The third-order valence-corrected chi connectivity index (χ3v) is 5.86. The summed E-state index contributed by atoms with van der Waals surface area (Å²) >= 11 is 5.91. The second kappa shape index (κ2) is 8.61. The fourth-order valence-electron chi connectivity index (χ4n) is 3.97. The first kappa shape index (κ1) is 21.6. The molecule has 0 unspecified atom stereocenters. The van der Waals surface area contributed by atoms with Crippen LogP contribution in [0.2, 0.25) is 5.02 Å². The van der Waals surface area contributed by atoms with E-state index in [9.17, 15) is 18.8 Å². The van der Waals surface area contributed by atoms with Crippen molar-refractivity contribution in [2.24, 2.45) is 0 Å². The van der Waals surface area contributed by atoms with Gasteiger partial charge in [0.15, 0.2) is 0 Å². The number of rotatable bonds is 4. The summed E-state index contributed by atoms with van der Waals surface area (Å²) in [5.41, 5.74) is 2.01. The molecule has 6 nitrogen and oxygen atoms in total. The van der Waals surface area contributed by atoms with Gasteiger partial charge in [0, 0.05) is 33.2 Å². The summed E-state index contributed by atoms with van der Waals surface area (Å²) in [5.74, 6) is -1.85. The number of halogens is 2. The van der Waals surface area contributed by atoms with Gasteiger partial charge in [0.2, 0.25) is 0 Å². The van der Waals surface area contributed by atoms with Crippen molar-refractivity contribution >= 4 is 52.1 Å². The molecular formula is C26H17ClFN3O3. The number of hydrogen-bond donors (Lipinski definition) is 1. The van der Waals surface area contributed by atoms with Crippen molar-refractivity contribution in [2.45, 2.75) is 6.54 Å². The zero-order valence-electron chi connectivity index (χ0n) is 17.7. The lowest BCUT2D eigenvalue weighted by atomic mass is 10.1. The van der Waals surface area contributed by atoms with Crippen molar-refractivity contribution in [2.75, 3.05) is 4.90 Å². The standard InChI is InChI=1S/C26H17ClFN3O3/c27-18-9-11-19(12-10-18)31-25(33)21(24(32)29-26(31)34)13-17-15-30(23-8-4-2-6-20(17)23)14-16-5-1-3-7-22(16)28/h1-13,15H,14H2,(H,29,32,34). The Bertz CT molecular complexity index is 1490. The summed E-state index contributed by atoms with van der Waals surface area (Å²) in [6, 6.07) is 19.2. The lowest BCUT2D eigenvalue weighted by Crippen LogP contribution is -2.54. The maximum absolute atomic E-state index is 14.3. The molecule has 4 amide bonds. The molecule has 1 saturated heterocycles. The number of para-hydroxylation sites is 1. The highest BCUT2D eigenvalue weighted by molar-refractivity contribution is 6.39. The van der Waals surface area contributed by atoms with Crippen LogP contribution in [-0.2, 0) is 16.1 Å². The van der Waals surface area contributed by atoms with Crippen molar-refractivity contribution in [1.29, 1.82) is 0 Å². The highest BCUT2D eigenvalue weighted by Crippen LogP contribution is 2.28. The van der Waals surface area contributed by atoms with Crippen molar-refractivity contribution in [3.8, 4) is 0 Å². The van der Waals surface area contributed by atoms with E-state index < -0.39 is 17.8 Å². The number of benzene rings is 3. The molecule has 2 heterocycles. The number of imide groups is 2. The molecule has 0 atom stereocenters. The Kier molecular flexibility index (Phi) is 5.47. The van der Waals surface area contributed by atoms with Crippen LogP contribution < -0.4 is 10.2 Å². The van der Waals surface area contributed by atoms with Gasteiger partial charge in [-0.15, -0.1) is 0 Å². The number of fused-ring (bicyclic) bond motifs is 1. The van der Waals surface area contributed by atoms with Crippen LogP contribution in [-0.4, -0.2) is 22.4 Å². The average Bonchev–Trinajstić information content (AvgIpc) is 3.16. The first-order valence-corrected chi connectivity index (χ1v) is 10.8. The SMILES string of the molecule is O=C1NC(=O)N(c2ccc(Cl)cc2)C(=O)C1=Cc1cn(Cc2ccccc2F)c2ccccc12. The highest BCUT2D eigenvalue weighted by Gasteiger charge is 2.37. The van der Waals surface area contributed by atoms with Gasteiger partial charge in [-0.25, -0.2) is 14.1 Å². The fraction of sp³-hybridized carbons (Fsp3) is 0.0385. The minimum Gasteiger partial charge on any atom is -0.342 e. The van der Waals surface area contributed by atoms with Gasteiger partial charge >= 0.3 is 6.03 Å². The van der Waals surface area contributed by atoms with Gasteiger partial charge < -0.3 is 4.57 Å². The predicted octanol–water partition coefficient (Wildman–Crippen LogP) is 5.15. The molecular weight excluding hydrogens is 457 g/mol. The molecule has 1 aromatic heterocycles. The van der Waals surface area contributed by atoms with Crippen LogP contribution in [0.1, 0.15) is 11.1 Å². The third-order valence-electron chi connectivity index (χ3n) is 5.60. The Labute approximate surface area is 198 Å². The van der Waals surface area contributed by atoms with E-state index >= 15 is 0 Å². The molecule has 0 spiro atoms. The van der Waals surface area contributed by atoms with Gasteiger partial charge in [-0.05, 0) is 42.5 Å². The average molecular weight is 474 g/mol. The minimum atomic E-state index is -0.837. The largest absolute Gasteiger partial charge is 0.342 e. The van der Waals surface area contributed by atoms with Crippen LogP contribution in [0.4, 0.5) is 14.9 Å². The molecule has 5 rings (SSSR count). The van der Waals surface area contributed by atoms with E-state index in [1.54, 1.807) is 36.5 Å². The highest BCUT2D eigenvalue weighted by atomic mass is 35.5. The molecule has 168 valence electrons. The lowest BCUT2D eigenvalue weighted by molar-refractivity contribution is -0.122. The predicted molar refractivity (Wildman–Crippen MR) is 128 cm³/mol. The molecule has 1 aliphatic heterocycles. The molecule has 8 heteroatoms. The van der Waals surface area contributed by atoms with Crippen LogP contribution in [0.15, 0.2) is 84.6 Å². The Morgan fingerprint density at radius 2 is 1.62 bits per heavy atom. The third kappa shape index (κ3) is 3.86. The molecule has 0 aliphatic carbocycles. The number of amides is 4. The van der Waals surface area contributed by atoms with Crippen LogP contribution in [0.5, 0.6) is 0 Å². The van der Waals surface area contributed by atoms with Gasteiger partial charge in [0.1, 0.15) is 11.4 Å².